The van der Waals surface area contributed by atoms with Crippen molar-refractivity contribution in [3.8, 4) is 5.69 Å². The van der Waals surface area contributed by atoms with E-state index in [1.165, 1.54) is 11.1 Å². The fourth-order valence-electron chi connectivity index (χ4n) is 3.01. The highest BCUT2D eigenvalue weighted by molar-refractivity contribution is 9.10. The number of nitrogens with one attached hydrogen (secondary N) is 1. The van der Waals surface area contributed by atoms with Crippen LogP contribution < -0.4 is 5.43 Å². The van der Waals surface area contributed by atoms with Gasteiger partial charge < -0.3 is 4.57 Å². The minimum absolute atomic E-state index is 0.235. The number of rotatable bonds is 4. The molecule has 27 heavy (non-hydrogen) atoms. The van der Waals surface area contributed by atoms with Crippen molar-refractivity contribution in [1.29, 1.82) is 0 Å². The van der Waals surface area contributed by atoms with Gasteiger partial charge in [0.2, 0.25) is 0 Å². The van der Waals surface area contributed by atoms with E-state index in [1.54, 1.807) is 18.3 Å². The SMILES string of the molecule is Cc1ccc(-n2c(C)cc(C=NNC(=O)c3ccc(Br)cc3)c2C)cc1C. The molecular weight excluding hydrogens is 402 g/mol. The van der Waals surface area contributed by atoms with Gasteiger partial charge in [0.25, 0.3) is 5.91 Å². The summed E-state index contributed by atoms with van der Waals surface area (Å²) in [4.78, 5) is 12.1. The lowest BCUT2D eigenvalue weighted by Gasteiger charge is -2.11. The highest BCUT2D eigenvalue weighted by Gasteiger charge is 2.10. The van der Waals surface area contributed by atoms with Gasteiger partial charge >= 0.3 is 0 Å². The Hall–Kier alpha value is -2.66. The summed E-state index contributed by atoms with van der Waals surface area (Å²) in [6.07, 6.45) is 1.69. The van der Waals surface area contributed by atoms with Gasteiger partial charge in [0.1, 0.15) is 0 Å². The monoisotopic (exact) mass is 423 g/mol. The third-order valence-corrected chi connectivity index (χ3v) is 5.22. The molecule has 0 aliphatic rings. The predicted molar refractivity (Wildman–Crippen MR) is 114 cm³/mol. The minimum atomic E-state index is -0.235. The van der Waals surface area contributed by atoms with Crippen LogP contribution in [-0.4, -0.2) is 16.7 Å². The Bertz CT molecular complexity index is 1020. The van der Waals surface area contributed by atoms with Crippen molar-refractivity contribution in [2.45, 2.75) is 27.7 Å². The van der Waals surface area contributed by atoms with Crippen LogP contribution in [0.5, 0.6) is 0 Å². The van der Waals surface area contributed by atoms with Crippen LogP contribution in [0, 0.1) is 27.7 Å². The van der Waals surface area contributed by atoms with Gasteiger partial charge in [-0.2, -0.15) is 5.10 Å². The highest BCUT2D eigenvalue weighted by atomic mass is 79.9. The van der Waals surface area contributed by atoms with Crippen molar-refractivity contribution in [3.63, 3.8) is 0 Å². The van der Waals surface area contributed by atoms with E-state index in [9.17, 15) is 4.79 Å². The van der Waals surface area contributed by atoms with Crippen LogP contribution in [-0.2, 0) is 0 Å². The van der Waals surface area contributed by atoms with Gasteiger partial charge in [-0.3, -0.25) is 4.79 Å². The zero-order valence-corrected chi connectivity index (χ0v) is 17.5. The summed E-state index contributed by atoms with van der Waals surface area (Å²) < 4.78 is 3.13. The van der Waals surface area contributed by atoms with E-state index in [4.69, 9.17) is 0 Å². The van der Waals surface area contributed by atoms with E-state index in [1.807, 2.05) is 12.1 Å². The number of carbonyl (C=O) groups is 1. The van der Waals surface area contributed by atoms with Crippen LogP contribution in [0.3, 0.4) is 0 Å². The van der Waals surface area contributed by atoms with Crippen LogP contribution in [0.1, 0.15) is 38.4 Å². The summed E-state index contributed by atoms with van der Waals surface area (Å²) in [6.45, 7) is 8.35. The third-order valence-electron chi connectivity index (χ3n) is 4.70. The summed E-state index contributed by atoms with van der Waals surface area (Å²) in [7, 11) is 0. The summed E-state index contributed by atoms with van der Waals surface area (Å²) >= 11 is 3.36. The molecule has 0 aliphatic carbocycles. The number of hydrazone groups is 1. The van der Waals surface area contributed by atoms with Crippen molar-refractivity contribution in [2.75, 3.05) is 0 Å². The molecule has 2 aromatic carbocycles. The molecule has 4 nitrogen and oxygen atoms in total. The molecule has 1 heterocycles. The van der Waals surface area contributed by atoms with E-state index in [0.29, 0.717) is 5.56 Å². The molecule has 1 amide bonds. The van der Waals surface area contributed by atoms with Crippen molar-refractivity contribution in [1.82, 2.24) is 9.99 Å². The first-order valence-electron chi connectivity index (χ1n) is 8.72. The first-order valence-corrected chi connectivity index (χ1v) is 9.51. The van der Waals surface area contributed by atoms with Gasteiger partial charge in [0.05, 0.1) is 6.21 Å². The largest absolute Gasteiger partial charge is 0.318 e. The molecule has 0 unspecified atom stereocenters. The average Bonchev–Trinajstić information content (AvgIpc) is 2.92. The third kappa shape index (κ3) is 4.19. The minimum Gasteiger partial charge on any atom is -0.318 e. The molecule has 0 fully saturated rings. The summed E-state index contributed by atoms with van der Waals surface area (Å²) in [6, 6.07) is 15.7. The lowest BCUT2D eigenvalue weighted by Crippen LogP contribution is -2.17. The van der Waals surface area contributed by atoms with Crippen molar-refractivity contribution in [2.24, 2.45) is 5.10 Å². The second kappa shape index (κ2) is 7.92. The maximum absolute atomic E-state index is 12.1. The summed E-state index contributed by atoms with van der Waals surface area (Å²) in [5.41, 5.74) is 10.00. The standard InChI is InChI=1S/C22H22BrN3O/c1-14-5-10-21(11-15(14)2)26-16(3)12-19(17(26)4)13-24-25-22(27)18-6-8-20(23)9-7-18/h5-13H,1-4H3,(H,25,27). The molecule has 0 saturated heterocycles. The van der Waals surface area contributed by atoms with Gasteiger partial charge in [-0.25, -0.2) is 5.43 Å². The average molecular weight is 424 g/mol. The quantitative estimate of drug-likeness (QED) is 0.452. The zero-order valence-electron chi connectivity index (χ0n) is 15.9. The molecule has 5 heteroatoms. The number of carbonyl (C=O) groups excluding carboxylic acids is 1. The maximum atomic E-state index is 12.1. The number of amides is 1. The lowest BCUT2D eigenvalue weighted by molar-refractivity contribution is 0.0955. The number of hydrogen-bond donors (Lipinski definition) is 1. The molecule has 138 valence electrons. The molecule has 0 saturated carbocycles. The maximum Gasteiger partial charge on any atom is 0.271 e. The molecule has 1 N–H and O–H groups in total. The molecule has 0 bridgehead atoms. The Labute approximate surface area is 168 Å². The van der Waals surface area contributed by atoms with Crippen LogP contribution in [0.4, 0.5) is 0 Å². The number of aromatic nitrogens is 1. The molecule has 3 aromatic rings. The number of nitrogens with zero attached hydrogens (tertiary/aromatic N) is 2. The second-order valence-corrected chi connectivity index (χ2v) is 7.55. The van der Waals surface area contributed by atoms with Crippen LogP contribution in [0.25, 0.3) is 5.69 Å². The number of benzene rings is 2. The van der Waals surface area contributed by atoms with Gasteiger partial charge in [0.15, 0.2) is 0 Å². The Morgan fingerprint density at radius 3 is 2.37 bits per heavy atom. The smallest absolute Gasteiger partial charge is 0.271 e. The van der Waals surface area contributed by atoms with Gasteiger partial charge in [-0.15, -0.1) is 0 Å². The van der Waals surface area contributed by atoms with Crippen molar-refractivity contribution in [3.05, 3.63) is 86.6 Å². The zero-order chi connectivity index (χ0) is 19.6. The Kier molecular flexibility index (Phi) is 5.61. The van der Waals surface area contributed by atoms with Crippen molar-refractivity contribution >= 4 is 28.1 Å². The number of aryl methyl sites for hydroxylation is 3. The van der Waals surface area contributed by atoms with E-state index in [-0.39, 0.29) is 5.91 Å². The molecule has 1 aromatic heterocycles. The van der Waals surface area contributed by atoms with Gasteiger partial charge in [0, 0.05) is 32.7 Å². The predicted octanol–water partition coefficient (Wildman–Crippen LogP) is 5.24. The molecule has 0 spiro atoms. The van der Waals surface area contributed by atoms with E-state index >= 15 is 0 Å². The fraction of sp³-hybridized carbons (Fsp3) is 0.182. The first kappa shape index (κ1) is 19.1. The molecule has 0 radical (unpaired) electrons. The number of halogens is 1. The van der Waals surface area contributed by atoms with Crippen LogP contribution in [0.15, 0.2) is 58.1 Å². The second-order valence-electron chi connectivity index (χ2n) is 6.64. The molecular formula is C22H22BrN3O. The van der Waals surface area contributed by atoms with E-state index < -0.39 is 0 Å². The Morgan fingerprint density at radius 1 is 1.00 bits per heavy atom. The van der Waals surface area contributed by atoms with Crippen LogP contribution >= 0.6 is 15.9 Å². The van der Waals surface area contributed by atoms with Gasteiger partial charge in [-0.1, -0.05) is 22.0 Å². The highest BCUT2D eigenvalue weighted by Crippen LogP contribution is 2.21. The Morgan fingerprint density at radius 2 is 1.70 bits per heavy atom. The molecule has 0 atom stereocenters. The Balaban J connectivity index is 1.79. The first-order chi connectivity index (χ1) is 12.9. The van der Waals surface area contributed by atoms with E-state index in [2.05, 4.69) is 83.0 Å². The number of hydrogen-bond acceptors (Lipinski definition) is 2. The normalized spacial score (nSPS) is 11.1. The lowest BCUT2D eigenvalue weighted by atomic mass is 10.1. The van der Waals surface area contributed by atoms with Crippen molar-refractivity contribution < 1.29 is 4.79 Å². The molecule has 0 aliphatic heterocycles. The van der Waals surface area contributed by atoms with E-state index in [0.717, 1.165) is 27.1 Å². The van der Waals surface area contributed by atoms with Gasteiger partial charge in [-0.05, 0) is 81.3 Å². The fourth-order valence-corrected chi connectivity index (χ4v) is 3.27. The molecule has 3 rings (SSSR count). The van der Waals surface area contributed by atoms with Crippen LogP contribution in [0.2, 0.25) is 0 Å². The summed E-state index contributed by atoms with van der Waals surface area (Å²) in [5, 5.41) is 4.13. The summed E-state index contributed by atoms with van der Waals surface area (Å²) in [5.74, 6) is -0.235. The topological polar surface area (TPSA) is 46.4 Å².